The van der Waals surface area contributed by atoms with E-state index in [1.807, 2.05) is 80.9 Å². The van der Waals surface area contributed by atoms with Crippen molar-refractivity contribution in [2.24, 2.45) is 0 Å². The molecule has 0 fully saturated rings. The van der Waals surface area contributed by atoms with Gasteiger partial charge in [-0.15, -0.1) is 0 Å². The van der Waals surface area contributed by atoms with Gasteiger partial charge in [0.2, 0.25) is 0 Å². The van der Waals surface area contributed by atoms with Gasteiger partial charge in [-0.25, -0.2) is 22.2 Å². The molecule has 8 nitrogen and oxygen atoms in total. The van der Waals surface area contributed by atoms with Crippen LogP contribution in [-0.2, 0) is 16.4 Å². The maximum atomic E-state index is 12.9. The van der Waals surface area contributed by atoms with Gasteiger partial charge in [-0.1, -0.05) is 42.0 Å². The Morgan fingerprint density at radius 1 is 0.947 bits per heavy atom. The maximum absolute atomic E-state index is 12.9. The molecule has 38 heavy (non-hydrogen) atoms. The Bertz CT molecular complexity index is 1530. The smallest absolute Gasteiger partial charge is 0.421 e. The van der Waals surface area contributed by atoms with Crippen LogP contribution < -0.4 is 4.74 Å². The Kier molecular flexibility index (Phi) is 7.87. The number of amides is 1. The fraction of sp³-hybridized carbons (Fsp3) is 0.241. The molecule has 9 heteroatoms. The Hall–Kier alpha value is -4.11. The van der Waals surface area contributed by atoms with Crippen LogP contribution in [0.4, 0.5) is 4.79 Å². The van der Waals surface area contributed by atoms with Crippen molar-refractivity contribution in [1.29, 1.82) is 0 Å². The second kappa shape index (κ2) is 11.1. The van der Waals surface area contributed by atoms with Gasteiger partial charge in [0.1, 0.15) is 5.75 Å². The SMILES string of the molecule is CCOc1ccc(-c2c(C)nn(-c3ccc(CCN(C(=O)O)S(=O)(=O)c4ccc(C)cc4)cc3)c2C)cc1. The van der Waals surface area contributed by atoms with Gasteiger partial charge in [-0.2, -0.15) is 5.10 Å². The summed E-state index contributed by atoms with van der Waals surface area (Å²) < 4.78 is 33.7. The molecule has 0 radical (unpaired) electrons. The minimum absolute atomic E-state index is 0.0475. The van der Waals surface area contributed by atoms with Crippen molar-refractivity contribution in [3.63, 3.8) is 0 Å². The van der Waals surface area contributed by atoms with E-state index < -0.39 is 16.1 Å². The van der Waals surface area contributed by atoms with Crippen LogP contribution in [0.3, 0.4) is 0 Å². The highest BCUT2D eigenvalue weighted by atomic mass is 32.2. The van der Waals surface area contributed by atoms with Crippen LogP contribution in [0.15, 0.2) is 77.7 Å². The summed E-state index contributed by atoms with van der Waals surface area (Å²) in [6.45, 7) is 8.20. The third-order valence-corrected chi connectivity index (χ3v) is 8.14. The van der Waals surface area contributed by atoms with Crippen LogP contribution in [0.5, 0.6) is 5.75 Å². The summed E-state index contributed by atoms with van der Waals surface area (Å²) in [6.07, 6.45) is -1.27. The molecule has 0 saturated heterocycles. The molecule has 1 N–H and O–H groups in total. The zero-order chi connectivity index (χ0) is 27.4. The first-order valence-electron chi connectivity index (χ1n) is 12.3. The molecule has 198 valence electrons. The number of hydrogen-bond donors (Lipinski definition) is 1. The van der Waals surface area contributed by atoms with Crippen molar-refractivity contribution in [3.05, 3.63) is 95.3 Å². The van der Waals surface area contributed by atoms with Crippen LogP contribution in [0, 0.1) is 20.8 Å². The van der Waals surface area contributed by atoms with Crippen LogP contribution >= 0.6 is 0 Å². The first-order valence-corrected chi connectivity index (χ1v) is 13.8. The van der Waals surface area contributed by atoms with Gasteiger partial charge < -0.3 is 9.84 Å². The molecule has 3 aromatic carbocycles. The molecule has 0 saturated carbocycles. The highest BCUT2D eigenvalue weighted by Gasteiger charge is 2.28. The minimum atomic E-state index is -4.17. The molecule has 0 spiro atoms. The summed E-state index contributed by atoms with van der Waals surface area (Å²) in [6, 6.07) is 21.6. The highest BCUT2D eigenvalue weighted by molar-refractivity contribution is 7.89. The Labute approximate surface area is 223 Å². The van der Waals surface area contributed by atoms with E-state index in [-0.39, 0.29) is 17.9 Å². The van der Waals surface area contributed by atoms with Gasteiger partial charge in [-0.3, -0.25) is 0 Å². The van der Waals surface area contributed by atoms with Gasteiger partial charge >= 0.3 is 6.09 Å². The highest BCUT2D eigenvalue weighted by Crippen LogP contribution is 2.30. The largest absolute Gasteiger partial charge is 0.494 e. The Morgan fingerprint density at radius 3 is 2.16 bits per heavy atom. The maximum Gasteiger partial charge on any atom is 0.421 e. The monoisotopic (exact) mass is 533 g/mol. The lowest BCUT2D eigenvalue weighted by Gasteiger charge is -2.19. The average molecular weight is 534 g/mol. The second-order valence-electron chi connectivity index (χ2n) is 9.00. The van der Waals surface area contributed by atoms with E-state index >= 15 is 0 Å². The lowest BCUT2D eigenvalue weighted by Crippen LogP contribution is -2.37. The van der Waals surface area contributed by atoms with Gasteiger partial charge in [-0.05, 0) is 81.6 Å². The molecule has 1 aromatic heterocycles. The van der Waals surface area contributed by atoms with Crippen molar-refractivity contribution in [2.45, 2.75) is 39.0 Å². The second-order valence-corrected chi connectivity index (χ2v) is 10.9. The molecule has 0 unspecified atom stereocenters. The first kappa shape index (κ1) is 26.9. The topological polar surface area (TPSA) is 102 Å². The molecule has 4 rings (SSSR count). The molecule has 1 amide bonds. The number of aromatic nitrogens is 2. The number of hydrogen-bond acceptors (Lipinski definition) is 5. The van der Waals surface area contributed by atoms with Gasteiger partial charge in [0.05, 0.1) is 22.9 Å². The number of rotatable bonds is 9. The predicted octanol–water partition coefficient (Wildman–Crippen LogP) is 5.77. The van der Waals surface area contributed by atoms with E-state index in [1.165, 1.54) is 12.1 Å². The third kappa shape index (κ3) is 5.57. The quantitative estimate of drug-likeness (QED) is 0.293. The molecule has 0 atom stereocenters. The Balaban J connectivity index is 1.51. The number of carbonyl (C=O) groups is 1. The summed E-state index contributed by atoms with van der Waals surface area (Å²) in [7, 11) is -4.17. The fourth-order valence-corrected chi connectivity index (χ4v) is 5.66. The zero-order valence-electron chi connectivity index (χ0n) is 21.9. The van der Waals surface area contributed by atoms with Gasteiger partial charge in [0, 0.05) is 17.8 Å². The van der Waals surface area contributed by atoms with E-state index in [0.29, 0.717) is 10.9 Å². The number of benzene rings is 3. The van der Waals surface area contributed by atoms with Crippen LogP contribution in [-0.4, -0.2) is 46.9 Å². The molecule has 0 aliphatic carbocycles. The molecule has 0 aliphatic heterocycles. The summed E-state index contributed by atoms with van der Waals surface area (Å²) >= 11 is 0. The standard InChI is InChI=1S/C29H31N3O5S/c1-5-37-26-14-10-24(11-15-26)28-21(3)30-32(22(28)4)25-12-8-23(9-13-25)18-19-31(29(33)34)38(35,36)27-16-6-20(2)7-17-27/h6-17H,5,18-19H2,1-4H3,(H,33,34). The number of sulfonamides is 1. The Morgan fingerprint density at radius 2 is 1.58 bits per heavy atom. The van der Waals surface area contributed by atoms with Crippen LogP contribution in [0.25, 0.3) is 16.8 Å². The molecule has 4 aromatic rings. The summed E-state index contributed by atoms with van der Waals surface area (Å²) in [4.78, 5) is 11.8. The molecule has 0 aliphatic rings. The number of nitrogens with zero attached hydrogens (tertiary/aromatic N) is 3. The van der Waals surface area contributed by atoms with E-state index in [2.05, 4.69) is 0 Å². The van der Waals surface area contributed by atoms with Crippen molar-refractivity contribution >= 4 is 16.1 Å². The van der Waals surface area contributed by atoms with Crippen molar-refractivity contribution in [2.75, 3.05) is 13.2 Å². The van der Waals surface area contributed by atoms with E-state index in [1.54, 1.807) is 12.1 Å². The number of carboxylic acid groups (broad SMARTS) is 1. The fourth-order valence-electron chi connectivity index (χ4n) is 4.39. The molecule has 1 heterocycles. The summed E-state index contributed by atoms with van der Waals surface area (Å²) in [5.74, 6) is 0.822. The lowest BCUT2D eigenvalue weighted by molar-refractivity contribution is 0.172. The molecular formula is C29H31N3O5S. The average Bonchev–Trinajstić information content (AvgIpc) is 3.19. The first-order chi connectivity index (χ1) is 18.1. The van der Waals surface area contributed by atoms with Crippen molar-refractivity contribution in [1.82, 2.24) is 14.1 Å². The normalized spacial score (nSPS) is 11.4. The zero-order valence-corrected chi connectivity index (χ0v) is 22.7. The number of ether oxygens (including phenoxy) is 1. The summed E-state index contributed by atoms with van der Waals surface area (Å²) in [5.41, 5.74) is 6.54. The summed E-state index contributed by atoms with van der Waals surface area (Å²) in [5, 5.41) is 14.4. The van der Waals surface area contributed by atoms with Crippen LogP contribution in [0.2, 0.25) is 0 Å². The predicted molar refractivity (Wildman–Crippen MR) is 146 cm³/mol. The molecular weight excluding hydrogens is 502 g/mol. The van der Waals surface area contributed by atoms with E-state index in [4.69, 9.17) is 9.84 Å². The lowest BCUT2D eigenvalue weighted by atomic mass is 10.0. The van der Waals surface area contributed by atoms with Crippen LogP contribution in [0.1, 0.15) is 29.4 Å². The minimum Gasteiger partial charge on any atom is -0.494 e. The van der Waals surface area contributed by atoms with Gasteiger partial charge in [0.15, 0.2) is 0 Å². The third-order valence-electron chi connectivity index (χ3n) is 6.35. The van der Waals surface area contributed by atoms with Crippen molar-refractivity contribution in [3.8, 4) is 22.6 Å². The molecule has 0 bridgehead atoms. The van der Waals surface area contributed by atoms with Gasteiger partial charge in [0.25, 0.3) is 10.0 Å². The number of aryl methyl sites for hydroxylation is 2. The van der Waals surface area contributed by atoms with E-state index in [9.17, 15) is 18.3 Å². The van der Waals surface area contributed by atoms with Crippen molar-refractivity contribution < 1.29 is 23.1 Å². The van der Waals surface area contributed by atoms with E-state index in [0.717, 1.165) is 45.1 Å².